The van der Waals surface area contributed by atoms with Gasteiger partial charge in [-0.1, -0.05) is 23.7 Å². The van der Waals surface area contributed by atoms with Crippen LogP contribution in [-0.4, -0.2) is 41.6 Å². The number of H-pyrrole nitrogens is 1. The third-order valence-electron chi connectivity index (χ3n) is 6.43. The summed E-state index contributed by atoms with van der Waals surface area (Å²) in [6.45, 7) is 1.50. The van der Waals surface area contributed by atoms with Gasteiger partial charge in [-0.25, -0.2) is 4.68 Å². The average Bonchev–Trinajstić information content (AvgIpc) is 3.23. The molecular formula is C27H21ClN6O8S2. The number of azo groups is 1. The fraction of sp³-hybridized carbons (Fsp3) is 0.0370. The van der Waals surface area contributed by atoms with Crippen LogP contribution in [-0.2, 0) is 20.2 Å². The molecule has 1 aromatic heterocycles. The Balaban J connectivity index is 1.63. The molecular weight excluding hydrogens is 636 g/mol. The monoisotopic (exact) mass is 656 g/mol. The highest BCUT2D eigenvalue weighted by molar-refractivity contribution is 7.86. The molecule has 0 atom stereocenters. The number of anilines is 2. The Hall–Kier alpha value is -4.87. The quantitative estimate of drug-likeness (QED) is 0.0898. The second kappa shape index (κ2) is 11.3. The smallest absolute Gasteiger partial charge is 0.299 e. The lowest BCUT2D eigenvalue weighted by atomic mass is 10.1. The molecule has 0 unspecified atom stereocenters. The highest BCUT2D eigenvalue weighted by Crippen LogP contribution is 2.37. The molecule has 0 saturated carbocycles. The number of fused-ring (bicyclic) bond motifs is 1. The number of rotatable bonds is 7. The first kappa shape index (κ1) is 30.6. The summed E-state index contributed by atoms with van der Waals surface area (Å²) in [4.78, 5) is 25.5. The number of amides is 1. The van der Waals surface area contributed by atoms with Gasteiger partial charge in [0, 0.05) is 16.6 Å². The zero-order chi connectivity index (χ0) is 32.0. The predicted octanol–water partition coefficient (Wildman–Crippen LogP) is 5.02. The lowest BCUT2D eigenvalue weighted by Gasteiger charge is -2.11. The summed E-state index contributed by atoms with van der Waals surface area (Å²) in [5, 5.41) is 14.4. The van der Waals surface area contributed by atoms with Gasteiger partial charge in [0.1, 0.15) is 5.69 Å². The topological polar surface area (TPSA) is 226 Å². The third-order valence-corrected chi connectivity index (χ3v) is 8.45. The molecule has 0 fully saturated rings. The molecule has 0 saturated heterocycles. The number of carbonyl (C=O) groups is 1. The van der Waals surface area contributed by atoms with Gasteiger partial charge in [-0.2, -0.15) is 16.8 Å². The van der Waals surface area contributed by atoms with Crippen LogP contribution < -0.4 is 16.6 Å². The second-order valence-electron chi connectivity index (χ2n) is 9.41. The van der Waals surface area contributed by atoms with Crippen LogP contribution in [0.4, 0.5) is 22.7 Å². The number of nitrogens with zero attached hydrogens (tertiary/aromatic N) is 3. The van der Waals surface area contributed by atoms with Gasteiger partial charge in [-0.3, -0.25) is 23.8 Å². The van der Waals surface area contributed by atoms with Gasteiger partial charge >= 0.3 is 0 Å². The summed E-state index contributed by atoms with van der Waals surface area (Å²) < 4.78 is 66.5. The van der Waals surface area contributed by atoms with E-state index in [0.29, 0.717) is 16.5 Å². The highest BCUT2D eigenvalue weighted by atomic mass is 35.5. The first-order chi connectivity index (χ1) is 20.6. The van der Waals surface area contributed by atoms with E-state index in [9.17, 15) is 35.5 Å². The molecule has 0 aliphatic rings. The Morgan fingerprint density at radius 3 is 2.16 bits per heavy atom. The average molecular weight is 657 g/mol. The first-order valence-electron chi connectivity index (χ1n) is 12.4. The maximum absolute atomic E-state index is 13.4. The van der Waals surface area contributed by atoms with Crippen LogP contribution in [0.1, 0.15) is 16.1 Å². The van der Waals surface area contributed by atoms with E-state index in [1.807, 2.05) is 0 Å². The number of aryl methyl sites for hydroxylation is 1. The summed E-state index contributed by atoms with van der Waals surface area (Å²) in [5.74, 6) is -0.524. The molecule has 14 nitrogen and oxygen atoms in total. The van der Waals surface area contributed by atoms with E-state index in [1.165, 1.54) is 49.4 Å². The number of nitrogens with one attached hydrogen (secondary N) is 2. The van der Waals surface area contributed by atoms with Gasteiger partial charge in [0.05, 0.1) is 31.9 Å². The molecule has 6 N–H and O–H groups in total. The summed E-state index contributed by atoms with van der Waals surface area (Å²) in [5.41, 5.74) is 5.77. The van der Waals surface area contributed by atoms with E-state index in [4.69, 9.17) is 17.3 Å². The largest absolute Gasteiger partial charge is 0.399 e. The highest BCUT2D eigenvalue weighted by Gasteiger charge is 2.20. The van der Waals surface area contributed by atoms with Crippen molar-refractivity contribution in [2.45, 2.75) is 16.7 Å². The third kappa shape index (κ3) is 6.10. The van der Waals surface area contributed by atoms with Gasteiger partial charge in [0.25, 0.3) is 31.7 Å². The molecule has 44 heavy (non-hydrogen) atoms. The Labute approximate surface area is 254 Å². The number of nitrogen functional groups attached to an aromatic ring is 1. The van der Waals surface area contributed by atoms with Crippen LogP contribution >= 0.6 is 11.6 Å². The summed E-state index contributed by atoms with van der Waals surface area (Å²) in [6, 6.07) is 16.0. The predicted molar refractivity (Wildman–Crippen MR) is 163 cm³/mol. The van der Waals surface area contributed by atoms with Crippen molar-refractivity contribution in [2.75, 3.05) is 11.1 Å². The number of nitrogens with two attached hydrogens (primary N) is 1. The lowest BCUT2D eigenvalue weighted by Crippen LogP contribution is -2.15. The zero-order valence-corrected chi connectivity index (χ0v) is 24.8. The van der Waals surface area contributed by atoms with Crippen LogP contribution in [0.5, 0.6) is 0 Å². The number of aromatic nitrogens is 2. The maximum Gasteiger partial charge on any atom is 0.299 e. The van der Waals surface area contributed by atoms with E-state index in [1.54, 1.807) is 12.1 Å². The minimum absolute atomic E-state index is 0.0133. The normalized spacial score (nSPS) is 12.2. The van der Waals surface area contributed by atoms with Crippen molar-refractivity contribution in [1.29, 1.82) is 0 Å². The van der Waals surface area contributed by atoms with Gasteiger partial charge in [0.2, 0.25) is 0 Å². The molecule has 1 amide bonds. The molecule has 5 aromatic rings. The summed E-state index contributed by atoms with van der Waals surface area (Å²) in [6.07, 6.45) is 0. The number of aromatic amines is 1. The fourth-order valence-electron chi connectivity index (χ4n) is 4.24. The Morgan fingerprint density at radius 1 is 0.886 bits per heavy atom. The Bertz CT molecular complexity index is 2280. The Morgan fingerprint density at radius 2 is 1.50 bits per heavy atom. The molecule has 17 heteroatoms. The number of hydrogen-bond acceptors (Lipinski definition) is 9. The van der Waals surface area contributed by atoms with Crippen LogP contribution in [0.3, 0.4) is 0 Å². The van der Waals surface area contributed by atoms with Crippen LogP contribution in [0.15, 0.2) is 97.6 Å². The SMILES string of the molecule is Cc1[nH]n(-c2cc(S(=O)(=O)O)ccc2Cl)c(=O)c1N=Nc1c(NC(=O)c2ccc(N)cc2)ccc2cc(S(=O)(=O)O)ccc12. The molecule has 0 aliphatic heterocycles. The van der Waals surface area contributed by atoms with Gasteiger partial charge < -0.3 is 11.1 Å². The molecule has 4 aromatic carbocycles. The first-order valence-corrected chi connectivity index (χ1v) is 15.6. The van der Waals surface area contributed by atoms with Gasteiger partial charge in [0.15, 0.2) is 5.69 Å². The van der Waals surface area contributed by atoms with Crippen molar-refractivity contribution in [3.63, 3.8) is 0 Å². The Kier molecular flexibility index (Phi) is 7.87. The van der Waals surface area contributed by atoms with Gasteiger partial charge in [-0.05, 0) is 73.0 Å². The zero-order valence-electron chi connectivity index (χ0n) is 22.4. The van der Waals surface area contributed by atoms with E-state index in [0.717, 1.165) is 22.9 Å². The van der Waals surface area contributed by atoms with E-state index >= 15 is 0 Å². The van der Waals surface area contributed by atoms with Crippen molar-refractivity contribution in [3.05, 3.63) is 99.4 Å². The fourth-order valence-corrected chi connectivity index (χ4v) is 5.46. The summed E-state index contributed by atoms with van der Waals surface area (Å²) in [7, 11) is -9.13. The van der Waals surface area contributed by atoms with Crippen LogP contribution in [0.2, 0.25) is 5.02 Å². The standard InChI is InChI=1S/C27H21ClN6O8S2/c1-14-24(27(36)34(33-14)23-13-19(44(40,41)42)8-10-21(23)28)31-32-25-20-9-7-18(43(37,38)39)12-16(20)4-11-22(25)30-26(35)15-2-5-17(29)6-3-15/h2-13,33H,29H2,1H3,(H,30,35)(H,37,38,39)(H,40,41,42). The minimum atomic E-state index is -4.61. The molecule has 1 heterocycles. The van der Waals surface area contributed by atoms with E-state index in [-0.39, 0.29) is 43.9 Å². The molecule has 0 spiro atoms. The minimum Gasteiger partial charge on any atom is -0.399 e. The molecule has 0 aliphatic carbocycles. The summed E-state index contributed by atoms with van der Waals surface area (Å²) >= 11 is 6.21. The van der Waals surface area contributed by atoms with Crippen molar-refractivity contribution in [3.8, 4) is 5.69 Å². The molecule has 5 rings (SSSR count). The van der Waals surface area contributed by atoms with Crippen molar-refractivity contribution in [1.82, 2.24) is 9.78 Å². The lowest BCUT2D eigenvalue weighted by molar-refractivity contribution is 0.102. The number of halogens is 1. The molecule has 0 bridgehead atoms. The van der Waals surface area contributed by atoms with Crippen LogP contribution in [0, 0.1) is 6.92 Å². The number of hydrogen-bond donors (Lipinski definition) is 5. The van der Waals surface area contributed by atoms with E-state index in [2.05, 4.69) is 20.6 Å². The molecule has 226 valence electrons. The number of carbonyl (C=O) groups excluding carboxylic acids is 1. The molecule has 0 radical (unpaired) electrons. The van der Waals surface area contributed by atoms with Gasteiger partial charge in [-0.15, -0.1) is 10.2 Å². The van der Waals surface area contributed by atoms with E-state index < -0.39 is 36.6 Å². The van der Waals surface area contributed by atoms with Crippen LogP contribution in [0.25, 0.3) is 16.5 Å². The van der Waals surface area contributed by atoms with Crippen molar-refractivity contribution < 1.29 is 30.7 Å². The van der Waals surface area contributed by atoms with Crippen molar-refractivity contribution in [2.24, 2.45) is 10.2 Å². The van der Waals surface area contributed by atoms with Crippen molar-refractivity contribution >= 4 is 71.3 Å². The number of benzene rings is 4. The second-order valence-corrected chi connectivity index (χ2v) is 12.7. The maximum atomic E-state index is 13.4.